The van der Waals surface area contributed by atoms with Crippen LogP contribution in [0.25, 0.3) is 0 Å². The molecule has 0 aromatic rings. The molecule has 1 amide bonds. The van der Waals surface area contributed by atoms with Crippen molar-refractivity contribution in [2.45, 2.75) is 309 Å². The highest BCUT2D eigenvalue weighted by Crippen LogP contribution is 2.18. The van der Waals surface area contributed by atoms with E-state index >= 15 is 0 Å². The van der Waals surface area contributed by atoms with E-state index in [0.717, 1.165) is 89.9 Å². The van der Waals surface area contributed by atoms with E-state index in [2.05, 4.69) is 74.7 Å². The number of amides is 1. The van der Waals surface area contributed by atoms with Crippen LogP contribution in [0.4, 0.5) is 0 Å². The van der Waals surface area contributed by atoms with Gasteiger partial charge in [-0.3, -0.25) is 9.59 Å². The largest absolute Gasteiger partial charge is 0.462 e. The molecule has 0 radical (unpaired) electrons. The summed E-state index contributed by atoms with van der Waals surface area (Å²) in [6.07, 6.45) is 64.6. The third-order valence-electron chi connectivity index (χ3n) is 12.9. The molecule has 6 nitrogen and oxygen atoms in total. The van der Waals surface area contributed by atoms with Crippen LogP contribution in [-0.2, 0) is 14.3 Å². The van der Waals surface area contributed by atoms with Gasteiger partial charge in [-0.15, -0.1) is 0 Å². The van der Waals surface area contributed by atoms with Crippen LogP contribution in [0.5, 0.6) is 0 Å². The Morgan fingerprint density at radius 2 is 0.785 bits per heavy atom. The zero-order valence-corrected chi connectivity index (χ0v) is 43.4. The topological polar surface area (TPSA) is 95.9 Å². The van der Waals surface area contributed by atoms with E-state index in [1.165, 1.54) is 154 Å². The summed E-state index contributed by atoms with van der Waals surface area (Å²) in [5.74, 6) is -0.496. The molecule has 0 saturated heterocycles. The fraction of sp³-hybridized carbons (Fsp3) is 0.831. The SMILES string of the molecule is CCCCC/C=C\C/C=C\C/C=C\CCCCCCC(CC(=O)NC(CO)C(O)CCCCCCCCCCCCC)OC(=O)CCCCCCC/C=C/CCCCCCCCCCC. The van der Waals surface area contributed by atoms with E-state index in [0.29, 0.717) is 19.3 Å². The second kappa shape index (κ2) is 52.8. The summed E-state index contributed by atoms with van der Waals surface area (Å²) in [5, 5.41) is 23.8. The van der Waals surface area contributed by atoms with Gasteiger partial charge in [-0.05, 0) is 89.9 Å². The summed E-state index contributed by atoms with van der Waals surface area (Å²) >= 11 is 0. The quantitative estimate of drug-likeness (QED) is 0.0321. The summed E-state index contributed by atoms with van der Waals surface area (Å²) in [6.45, 7) is 6.46. The smallest absolute Gasteiger partial charge is 0.306 e. The maximum Gasteiger partial charge on any atom is 0.306 e. The Labute approximate surface area is 404 Å². The molecular weight excluding hydrogens is 803 g/mol. The van der Waals surface area contributed by atoms with Crippen molar-refractivity contribution >= 4 is 11.9 Å². The van der Waals surface area contributed by atoms with Gasteiger partial charge in [0.1, 0.15) is 6.10 Å². The normalized spacial score (nSPS) is 13.5. The molecule has 0 fully saturated rings. The van der Waals surface area contributed by atoms with Crippen LogP contribution in [0.3, 0.4) is 0 Å². The van der Waals surface area contributed by atoms with Crippen LogP contribution in [-0.4, -0.2) is 46.9 Å². The van der Waals surface area contributed by atoms with E-state index in [4.69, 9.17) is 4.74 Å². The molecule has 3 N–H and O–H groups in total. The van der Waals surface area contributed by atoms with E-state index in [9.17, 15) is 19.8 Å². The zero-order valence-electron chi connectivity index (χ0n) is 43.4. The highest BCUT2D eigenvalue weighted by Gasteiger charge is 2.24. The maximum atomic E-state index is 13.2. The number of esters is 1. The Kier molecular flexibility index (Phi) is 51.0. The molecule has 3 unspecified atom stereocenters. The number of aliphatic hydroxyl groups is 2. The molecule has 0 aliphatic rings. The Hall–Kier alpha value is -2.18. The first kappa shape index (κ1) is 62.8. The lowest BCUT2D eigenvalue weighted by molar-refractivity contribution is -0.151. The number of nitrogens with one attached hydrogen (secondary N) is 1. The molecule has 0 spiro atoms. The van der Waals surface area contributed by atoms with Gasteiger partial charge < -0.3 is 20.3 Å². The van der Waals surface area contributed by atoms with Crippen LogP contribution in [0, 0.1) is 0 Å². The van der Waals surface area contributed by atoms with Gasteiger partial charge in [-0.2, -0.15) is 0 Å². The standard InChI is InChI=1S/C59H109NO5/c1-4-7-10-13-16-19-22-24-26-28-30-32-34-37-40-43-46-49-52-59(64)65-55(50-47-44-41-38-36-33-31-29-27-25-23-20-17-14-11-8-5-2)53-58(63)60-56(54-61)57(62)51-48-45-42-39-35-21-18-15-12-9-6-3/h17,20,25,27,30-33,55-57,61-62H,4-16,18-19,21-24,26,28-29,34-54H2,1-3H3,(H,60,63)/b20-17-,27-25-,32-30+,33-31-. The second-order valence-electron chi connectivity index (χ2n) is 19.3. The van der Waals surface area contributed by atoms with Crippen molar-refractivity contribution in [3.63, 3.8) is 0 Å². The third kappa shape index (κ3) is 48.1. The van der Waals surface area contributed by atoms with E-state index in [-0.39, 0.29) is 24.9 Å². The molecule has 6 heteroatoms. The van der Waals surface area contributed by atoms with Crippen LogP contribution in [0.1, 0.15) is 290 Å². The lowest BCUT2D eigenvalue weighted by Gasteiger charge is -2.24. The van der Waals surface area contributed by atoms with Crippen molar-refractivity contribution < 1.29 is 24.5 Å². The number of ether oxygens (including phenoxy) is 1. The minimum absolute atomic E-state index is 0.0605. The number of carbonyl (C=O) groups excluding carboxylic acids is 2. The minimum atomic E-state index is -0.795. The molecule has 65 heavy (non-hydrogen) atoms. The van der Waals surface area contributed by atoms with E-state index in [1.54, 1.807) is 0 Å². The number of aliphatic hydroxyl groups excluding tert-OH is 2. The summed E-state index contributed by atoms with van der Waals surface area (Å²) in [7, 11) is 0. The fourth-order valence-corrected chi connectivity index (χ4v) is 8.55. The zero-order chi connectivity index (χ0) is 47.4. The first-order valence-electron chi connectivity index (χ1n) is 28.4. The molecule has 0 bridgehead atoms. The van der Waals surface area contributed by atoms with Gasteiger partial charge in [0.05, 0.1) is 25.2 Å². The van der Waals surface area contributed by atoms with Gasteiger partial charge in [-0.25, -0.2) is 0 Å². The Balaban J connectivity index is 4.61. The molecule has 0 aliphatic carbocycles. The van der Waals surface area contributed by atoms with Gasteiger partial charge in [0, 0.05) is 6.42 Å². The summed E-state index contributed by atoms with van der Waals surface area (Å²) in [6, 6.07) is -0.710. The van der Waals surface area contributed by atoms with Gasteiger partial charge in [0.15, 0.2) is 0 Å². The van der Waals surface area contributed by atoms with Crippen LogP contribution < -0.4 is 5.32 Å². The highest BCUT2D eigenvalue weighted by atomic mass is 16.5. The fourth-order valence-electron chi connectivity index (χ4n) is 8.55. The van der Waals surface area contributed by atoms with Crippen LogP contribution in [0.15, 0.2) is 48.6 Å². The number of hydrogen-bond donors (Lipinski definition) is 3. The highest BCUT2D eigenvalue weighted by molar-refractivity contribution is 5.77. The lowest BCUT2D eigenvalue weighted by atomic mass is 10.0. The number of unbranched alkanes of at least 4 members (excludes halogenated alkanes) is 31. The predicted octanol–water partition coefficient (Wildman–Crippen LogP) is 17.4. The number of rotatable bonds is 51. The summed E-state index contributed by atoms with van der Waals surface area (Å²) < 4.78 is 5.95. The molecular formula is C59H109NO5. The average Bonchev–Trinajstić information content (AvgIpc) is 3.30. The van der Waals surface area contributed by atoms with E-state index < -0.39 is 18.2 Å². The summed E-state index contributed by atoms with van der Waals surface area (Å²) in [4.78, 5) is 26.2. The first-order valence-corrected chi connectivity index (χ1v) is 28.4. The first-order chi connectivity index (χ1) is 32.0. The molecule has 0 aliphatic heterocycles. The minimum Gasteiger partial charge on any atom is -0.462 e. The van der Waals surface area contributed by atoms with Crippen LogP contribution >= 0.6 is 0 Å². The third-order valence-corrected chi connectivity index (χ3v) is 12.9. The van der Waals surface area contributed by atoms with E-state index in [1.807, 2.05) is 0 Å². The maximum absolute atomic E-state index is 13.2. The van der Waals surface area contributed by atoms with Crippen molar-refractivity contribution in [1.29, 1.82) is 0 Å². The Bertz CT molecular complexity index is 1110. The Morgan fingerprint density at radius 3 is 1.23 bits per heavy atom. The van der Waals surface area contributed by atoms with Crippen LogP contribution in [0.2, 0.25) is 0 Å². The molecule has 3 atom stereocenters. The monoisotopic (exact) mass is 912 g/mol. The number of hydrogen-bond acceptors (Lipinski definition) is 5. The van der Waals surface area contributed by atoms with Gasteiger partial charge in [0.25, 0.3) is 0 Å². The number of carbonyl (C=O) groups is 2. The molecule has 0 aromatic heterocycles. The molecule has 0 rings (SSSR count). The van der Waals surface area contributed by atoms with Gasteiger partial charge >= 0.3 is 5.97 Å². The molecule has 0 aromatic carbocycles. The lowest BCUT2D eigenvalue weighted by Crippen LogP contribution is -2.46. The predicted molar refractivity (Wildman–Crippen MR) is 282 cm³/mol. The molecule has 0 heterocycles. The average molecular weight is 913 g/mol. The molecule has 0 saturated carbocycles. The molecule has 380 valence electrons. The van der Waals surface area contributed by atoms with Crippen molar-refractivity contribution in [2.75, 3.05) is 6.61 Å². The number of allylic oxidation sites excluding steroid dienone is 8. The summed E-state index contributed by atoms with van der Waals surface area (Å²) in [5.41, 5.74) is 0. The van der Waals surface area contributed by atoms with Crippen molar-refractivity contribution in [1.82, 2.24) is 5.32 Å². The van der Waals surface area contributed by atoms with Gasteiger partial charge in [-0.1, -0.05) is 236 Å². The van der Waals surface area contributed by atoms with Crippen molar-refractivity contribution in [2.24, 2.45) is 0 Å². The van der Waals surface area contributed by atoms with Gasteiger partial charge in [0.2, 0.25) is 5.91 Å². The Morgan fingerprint density at radius 1 is 0.446 bits per heavy atom. The van der Waals surface area contributed by atoms with Crippen molar-refractivity contribution in [3.8, 4) is 0 Å². The second-order valence-corrected chi connectivity index (χ2v) is 19.3. The van der Waals surface area contributed by atoms with Crippen molar-refractivity contribution in [3.05, 3.63) is 48.6 Å².